The van der Waals surface area contributed by atoms with Crippen molar-refractivity contribution in [3.63, 3.8) is 0 Å². The van der Waals surface area contributed by atoms with Crippen LogP contribution in [0.1, 0.15) is 12.5 Å². The van der Waals surface area contributed by atoms with Crippen molar-refractivity contribution in [2.45, 2.75) is 49.1 Å². The standard InChI is InChI=1S/C22H25N7O13P2/c23-22-26-18-13(19(32)27-22)25-8-29(18)21-15(31)17-12(40-21)6-38-43(33,34)41-16-11(5-37-44(35,36)42-17)39-20(14(16)30)28-7-24-9-3-1-2-4-10(9)28/h1-4,7-8,11-12,14-17,20-21,30-31H,5-6H2,(H,33,34)(H,35,36)(H3,23,26,27,32). The second-order valence-corrected chi connectivity index (χ2v) is 13.0. The second-order valence-electron chi connectivity index (χ2n) is 10.2. The maximum absolute atomic E-state index is 13.1. The molecule has 236 valence electrons. The van der Waals surface area contributed by atoms with Gasteiger partial charge in [-0.2, -0.15) is 4.98 Å². The quantitative estimate of drug-likeness (QED) is 0.145. The van der Waals surface area contributed by atoms with E-state index < -0.39 is 83.5 Å². The lowest BCUT2D eigenvalue weighted by molar-refractivity contribution is -0.0663. The highest BCUT2D eigenvalue weighted by molar-refractivity contribution is 7.47. The Kier molecular flexibility index (Phi) is 7.24. The van der Waals surface area contributed by atoms with E-state index in [0.29, 0.717) is 11.0 Å². The number of phosphoric acid groups is 2. The van der Waals surface area contributed by atoms with Crippen molar-refractivity contribution >= 4 is 43.8 Å². The number of aromatic nitrogens is 6. The summed E-state index contributed by atoms with van der Waals surface area (Å²) in [5, 5.41) is 22.2. The number of para-hydroxylation sites is 2. The van der Waals surface area contributed by atoms with Crippen LogP contribution in [0.25, 0.3) is 22.2 Å². The number of phosphoric ester groups is 2. The summed E-state index contributed by atoms with van der Waals surface area (Å²) in [7, 11) is -10.0. The van der Waals surface area contributed by atoms with E-state index in [1.165, 1.54) is 10.9 Å². The second kappa shape index (κ2) is 10.8. The molecule has 0 amide bonds. The molecule has 3 aromatic heterocycles. The van der Waals surface area contributed by atoms with E-state index in [0.717, 1.165) is 10.9 Å². The number of aliphatic hydroxyl groups excluding tert-OH is 2. The number of nitrogens with two attached hydrogens (primary N) is 1. The van der Waals surface area contributed by atoms with Crippen LogP contribution in [0, 0.1) is 0 Å². The Balaban J connectivity index is 1.17. The number of hydrogen-bond donors (Lipinski definition) is 6. The molecule has 0 spiro atoms. The number of fused-ring (bicyclic) bond motifs is 4. The number of aromatic amines is 1. The zero-order valence-electron chi connectivity index (χ0n) is 22.2. The molecule has 1 aromatic carbocycles. The predicted octanol–water partition coefficient (Wildman–Crippen LogP) is -0.714. The average molecular weight is 657 g/mol. The van der Waals surface area contributed by atoms with Crippen LogP contribution in [-0.2, 0) is 36.7 Å². The molecule has 7 rings (SSSR count). The van der Waals surface area contributed by atoms with Gasteiger partial charge in [-0.1, -0.05) is 12.1 Å². The van der Waals surface area contributed by atoms with Crippen molar-refractivity contribution in [2.24, 2.45) is 0 Å². The molecule has 3 aliphatic rings. The molecule has 20 nitrogen and oxygen atoms in total. The number of rotatable bonds is 2. The molecule has 3 saturated heterocycles. The van der Waals surface area contributed by atoms with E-state index in [1.54, 1.807) is 24.3 Å². The van der Waals surface area contributed by atoms with Gasteiger partial charge in [-0.25, -0.2) is 19.1 Å². The van der Waals surface area contributed by atoms with Crippen LogP contribution in [0.4, 0.5) is 5.95 Å². The number of imidazole rings is 2. The van der Waals surface area contributed by atoms with Crippen LogP contribution in [0.2, 0.25) is 0 Å². The molecular weight excluding hydrogens is 632 g/mol. The van der Waals surface area contributed by atoms with Crippen molar-refractivity contribution in [3.05, 3.63) is 47.3 Å². The smallest absolute Gasteiger partial charge is 0.386 e. The van der Waals surface area contributed by atoms with Gasteiger partial charge in [0.1, 0.15) is 36.6 Å². The van der Waals surface area contributed by atoms with Gasteiger partial charge in [0.15, 0.2) is 23.6 Å². The molecule has 22 heteroatoms. The monoisotopic (exact) mass is 657 g/mol. The van der Waals surface area contributed by atoms with Crippen LogP contribution in [0.15, 0.2) is 41.7 Å². The number of nitrogens with zero attached hydrogens (tertiary/aromatic N) is 5. The third-order valence-electron chi connectivity index (χ3n) is 7.41. The third kappa shape index (κ3) is 5.18. The van der Waals surface area contributed by atoms with Crippen molar-refractivity contribution in [3.8, 4) is 0 Å². The van der Waals surface area contributed by atoms with Crippen LogP contribution in [0.3, 0.4) is 0 Å². The van der Waals surface area contributed by atoms with Crippen LogP contribution < -0.4 is 11.3 Å². The Labute approximate surface area is 245 Å². The Bertz CT molecular complexity index is 1880. The van der Waals surface area contributed by atoms with Gasteiger partial charge in [0, 0.05) is 0 Å². The van der Waals surface area contributed by atoms with E-state index in [9.17, 15) is 33.9 Å². The molecule has 0 saturated carbocycles. The van der Waals surface area contributed by atoms with Gasteiger partial charge in [-0.05, 0) is 12.1 Å². The number of hydrogen-bond acceptors (Lipinski definition) is 15. The summed E-state index contributed by atoms with van der Waals surface area (Å²) in [4.78, 5) is 47.9. The fourth-order valence-corrected chi connectivity index (χ4v) is 7.37. The van der Waals surface area contributed by atoms with Gasteiger partial charge in [-0.3, -0.25) is 32.4 Å². The molecule has 44 heavy (non-hydrogen) atoms. The zero-order valence-corrected chi connectivity index (χ0v) is 24.0. The molecule has 0 radical (unpaired) electrons. The molecule has 10 unspecified atom stereocenters. The topological polar surface area (TPSA) is 278 Å². The van der Waals surface area contributed by atoms with Gasteiger partial charge < -0.3 is 39.8 Å². The fraction of sp³-hybridized carbons (Fsp3) is 0.455. The summed E-state index contributed by atoms with van der Waals surface area (Å²) in [5.41, 5.74) is 5.87. The first-order valence-corrected chi connectivity index (χ1v) is 16.0. The van der Waals surface area contributed by atoms with Gasteiger partial charge in [0.25, 0.3) is 5.56 Å². The number of benzene rings is 1. The van der Waals surface area contributed by atoms with Crippen molar-refractivity contribution in [1.82, 2.24) is 29.1 Å². The van der Waals surface area contributed by atoms with E-state index in [-0.39, 0.29) is 17.1 Å². The normalized spacial score (nSPS) is 38.3. The lowest BCUT2D eigenvalue weighted by Crippen LogP contribution is -2.39. The van der Waals surface area contributed by atoms with Crippen LogP contribution in [-0.4, -0.2) is 98.9 Å². The van der Waals surface area contributed by atoms with E-state index in [1.807, 2.05) is 0 Å². The van der Waals surface area contributed by atoms with Crippen molar-refractivity contribution < 1.29 is 56.7 Å². The molecule has 6 heterocycles. The lowest BCUT2D eigenvalue weighted by Gasteiger charge is -2.27. The Morgan fingerprint density at radius 1 is 0.886 bits per heavy atom. The summed E-state index contributed by atoms with van der Waals surface area (Å²) >= 11 is 0. The number of aliphatic hydroxyl groups is 2. The van der Waals surface area contributed by atoms with Crippen molar-refractivity contribution in [1.29, 1.82) is 0 Å². The van der Waals surface area contributed by atoms with E-state index >= 15 is 0 Å². The molecule has 3 fully saturated rings. The summed E-state index contributed by atoms with van der Waals surface area (Å²) < 4.78 is 61.3. The molecule has 0 bridgehead atoms. The van der Waals surface area contributed by atoms with E-state index in [2.05, 4.69) is 19.9 Å². The molecule has 0 aliphatic carbocycles. The lowest BCUT2D eigenvalue weighted by atomic mass is 10.1. The molecule has 3 aliphatic heterocycles. The summed E-state index contributed by atoms with van der Waals surface area (Å²) in [6.07, 6.45) is -9.57. The van der Waals surface area contributed by atoms with E-state index in [4.69, 9.17) is 33.3 Å². The summed E-state index contributed by atoms with van der Waals surface area (Å²) in [6.45, 7) is -1.56. The van der Waals surface area contributed by atoms with Gasteiger partial charge in [-0.15, -0.1) is 0 Å². The Morgan fingerprint density at radius 2 is 1.45 bits per heavy atom. The molecule has 4 aromatic rings. The highest BCUT2D eigenvalue weighted by Gasteiger charge is 2.53. The number of nitrogens with one attached hydrogen (secondary N) is 1. The SMILES string of the molecule is Nc1nc2c(ncn2C2OC3COP(=O)(O)OC4C(COP(=O)(O)OC3C2O)OC(n2cnc3ccccc32)C4O)c(=O)[nH]1. The summed E-state index contributed by atoms with van der Waals surface area (Å²) in [5.74, 6) is -0.257. The van der Waals surface area contributed by atoms with Gasteiger partial charge in [0.05, 0.1) is 36.9 Å². The molecular formula is C22H25N7O13P2. The number of nitrogen functional groups attached to an aromatic ring is 1. The zero-order chi connectivity index (χ0) is 31.0. The number of ether oxygens (including phenoxy) is 2. The minimum Gasteiger partial charge on any atom is -0.386 e. The average Bonchev–Trinajstić information content (AvgIpc) is 3.72. The number of anilines is 1. The van der Waals surface area contributed by atoms with Crippen LogP contribution in [0.5, 0.6) is 0 Å². The first-order valence-electron chi connectivity index (χ1n) is 13.0. The minimum atomic E-state index is -5.01. The highest BCUT2D eigenvalue weighted by atomic mass is 31.2. The first-order chi connectivity index (χ1) is 20.9. The Morgan fingerprint density at radius 3 is 2.09 bits per heavy atom. The largest absolute Gasteiger partial charge is 0.472 e. The summed E-state index contributed by atoms with van der Waals surface area (Å²) in [6, 6.07) is 6.94. The first kappa shape index (κ1) is 29.6. The van der Waals surface area contributed by atoms with Crippen molar-refractivity contribution in [2.75, 3.05) is 18.9 Å². The number of H-pyrrole nitrogens is 1. The predicted molar refractivity (Wildman–Crippen MR) is 143 cm³/mol. The highest BCUT2D eigenvalue weighted by Crippen LogP contribution is 2.53. The van der Waals surface area contributed by atoms with Crippen LogP contribution >= 0.6 is 15.6 Å². The van der Waals surface area contributed by atoms with Gasteiger partial charge >= 0.3 is 15.6 Å². The fourth-order valence-electron chi connectivity index (χ4n) is 5.44. The third-order valence-corrected chi connectivity index (χ3v) is 9.38. The van der Waals surface area contributed by atoms with Gasteiger partial charge in [0.2, 0.25) is 5.95 Å². The molecule has 10 atom stereocenters. The maximum atomic E-state index is 13.1. The molecule has 7 N–H and O–H groups in total. The minimum absolute atomic E-state index is 0.0904. The Hall–Kier alpha value is -3.10. The maximum Gasteiger partial charge on any atom is 0.472 e.